The molecule has 2 heterocycles. The van der Waals surface area contributed by atoms with Crippen molar-refractivity contribution in [3.63, 3.8) is 0 Å². The predicted octanol–water partition coefficient (Wildman–Crippen LogP) is 1.34. The molecule has 1 amide bonds. The number of hydrogen-bond acceptors (Lipinski definition) is 8. The normalized spacial score (nSPS) is 12.9. The third kappa shape index (κ3) is 4.66. The van der Waals surface area contributed by atoms with Crippen molar-refractivity contribution in [3.05, 3.63) is 21.4 Å². The first-order valence-electron chi connectivity index (χ1n) is 5.90. The molecule has 124 valence electrons. The van der Waals surface area contributed by atoms with Gasteiger partial charge in [0.1, 0.15) is 5.82 Å². The maximum absolute atomic E-state index is 12.4. The van der Waals surface area contributed by atoms with Gasteiger partial charge in [0.25, 0.3) is 5.56 Å². The number of halogens is 3. The molecule has 0 aliphatic carbocycles. The molecule has 0 fully saturated rings. The van der Waals surface area contributed by atoms with Crippen molar-refractivity contribution >= 4 is 40.0 Å². The van der Waals surface area contributed by atoms with Gasteiger partial charge in [0, 0.05) is 6.07 Å². The second kappa shape index (κ2) is 6.54. The van der Waals surface area contributed by atoms with Gasteiger partial charge in [0.15, 0.2) is 5.16 Å². The summed E-state index contributed by atoms with van der Waals surface area (Å²) in [6.07, 6.45) is -4.62. The maximum atomic E-state index is 12.4. The summed E-state index contributed by atoms with van der Waals surface area (Å²) in [5.74, 6) is -0.632. The molecule has 2 rings (SSSR count). The summed E-state index contributed by atoms with van der Waals surface area (Å²) >= 11 is 1.10. The van der Waals surface area contributed by atoms with Crippen LogP contribution >= 0.6 is 23.1 Å². The van der Waals surface area contributed by atoms with Gasteiger partial charge in [-0.25, -0.2) is 4.98 Å². The van der Waals surface area contributed by atoms with Gasteiger partial charge in [-0.3, -0.25) is 14.9 Å². The third-order valence-corrected chi connectivity index (χ3v) is 4.16. The number of nitrogens with two attached hydrogens (primary N) is 1. The standard InChI is InChI=1S/C10H9F3N6O2S2/c1-3(22-8-15-4(14)2-5(20)16-8)6(21)17-9-19-18-7(23-9)10(11,12)13/h2-3H,1H3,(H,17,19,21)(H3,14,15,16,20). The number of nitrogens with one attached hydrogen (secondary N) is 2. The lowest BCUT2D eigenvalue weighted by atomic mass is 10.4. The molecular weight excluding hydrogens is 357 g/mol. The quantitative estimate of drug-likeness (QED) is 0.550. The molecule has 23 heavy (non-hydrogen) atoms. The van der Waals surface area contributed by atoms with E-state index in [4.69, 9.17) is 5.73 Å². The molecule has 2 aromatic rings. The fraction of sp³-hybridized carbons (Fsp3) is 0.300. The minimum Gasteiger partial charge on any atom is -0.383 e. The Balaban J connectivity index is 2.02. The number of rotatable bonds is 4. The van der Waals surface area contributed by atoms with Gasteiger partial charge in [-0.15, -0.1) is 10.2 Å². The van der Waals surface area contributed by atoms with Crippen LogP contribution in [0.5, 0.6) is 0 Å². The molecule has 0 aromatic carbocycles. The Kier molecular flexibility index (Phi) is 4.89. The highest BCUT2D eigenvalue weighted by Gasteiger charge is 2.36. The molecule has 13 heteroatoms. The van der Waals surface area contributed by atoms with Crippen molar-refractivity contribution in [2.75, 3.05) is 11.1 Å². The molecule has 0 radical (unpaired) electrons. The Hall–Kier alpha value is -2.15. The molecule has 8 nitrogen and oxygen atoms in total. The smallest absolute Gasteiger partial charge is 0.383 e. The molecule has 1 unspecified atom stereocenters. The summed E-state index contributed by atoms with van der Waals surface area (Å²) in [6.45, 7) is 1.48. The lowest BCUT2D eigenvalue weighted by Gasteiger charge is -2.09. The predicted molar refractivity (Wildman–Crippen MR) is 78.1 cm³/mol. The summed E-state index contributed by atoms with van der Waals surface area (Å²) in [4.78, 5) is 29.4. The van der Waals surface area contributed by atoms with Gasteiger partial charge in [0.05, 0.1) is 5.25 Å². The van der Waals surface area contributed by atoms with E-state index in [0.717, 1.165) is 17.8 Å². The molecule has 1 atom stereocenters. The average Bonchev–Trinajstić information content (AvgIpc) is 2.85. The minimum atomic E-state index is -4.62. The molecule has 2 aromatic heterocycles. The molecule has 0 aliphatic rings. The third-order valence-electron chi connectivity index (χ3n) is 2.30. The van der Waals surface area contributed by atoms with E-state index in [1.807, 2.05) is 0 Å². The van der Waals surface area contributed by atoms with E-state index >= 15 is 0 Å². The van der Waals surface area contributed by atoms with Crippen molar-refractivity contribution in [1.29, 1.82) is 0 Å². The van der Waals surface area contributed by atoms with E-state index in [2.05, 4.69) is 25.5 Å². The van der Waals surface area contributed by atoms with Gasteiger partial charge < -0.3 is 10.7 Å². The Morgan fingerprint density at radius 1 is 1.48 bits per heavy atom. The largest absolute Gasteiger partial charge is 0.445 e. The summed E-state index contributed by atoms with van der Waals surface area (Å²) < 4.78 is 37.2. The van der Waals surface area contributed by atoms with Crippen LogP contribution in [0.2, 0.25) is 0 Å². The Morgan fingerprint density at radius 3 is 2.74 bits per heavy atom. The van der Waals surface area contributed by atoms with Crippen LogP contribution in [0.1, 0.15) is 11.9 Å². The molecule has 0 saturated carbocycles. The molecule has 0 bridgehead atoms. The van der Waals surface area contributed by atoms with Crippen molar-refractivity contribution in [2.45, 2.75) is 23.5 Å². The summed E-state index contributed by atoms with van der Waals surface area (Å²) in [5.41, 5.74) is 4.93. The number of carbonyl (C=O) groups is 1. The molecular formula is C10H9F3N6O2S2. The van der Waals surface area contributed by atoms with Crippen LogP contribution < -0.4 is 16.6 Å². The lowest BCUT2D eigenvalue weighted by Crippen LogP contribution is -2.23. The Bertz CT molecular complexity index is 774. The number of anilines is 2. The van der Waals surface area contributed by atoms with Crippen LogP contribution in [0.25, 0.3) is 0 Å². The summed E-state index contributed by atoms with van der Waals surface area (Å²) in [6, 6.07) is 1.08. The number of H-pyrrole nitrogens is 1. The van der Waals surface area contributed by atoms with Gasteiger partial charge >= 0.3 is 6.18 Å². The second-order valence-electron chi connectivity index (χ2n) is 4.13. The van der Waals surface area contributed by atoms with Crippen LogP contribution in [0.15, 0.2) is 16.0 Å². The van der Waals surface area contributed by atoms with Gasteiger partial charge in [-0.2, -0.15) is 13.2 Å². The van der Waals surface area contributed by atoms with Crippen molar-refractivity contribution in [2.24, 2.45) is 0 Å². The van der Waals surface area contributed by atoms with Gasteiger partial charge in [0.2, 0.25) is 16.0 Å². The van der Waals surface area contributed by atoms with E-state index in [9.17, 15) is 22.8 Å². The topological polar surface area (TPSA) is 127 Å². The van der Waals surface area contributed by atoms with Crippen LogP contribution in [-0.2, 0) is 11.0 Å². The van der Waals surface area contributed by atoms with E-state index in [0.29, 0.717) is 0 Å². The number of thioether (sulfide) groups is 1. The van der Waals surface area contributed by atoms with Crippen molar-refractivity contribution < 1.29 is 18.0 Å². The number of hydrogen-bond donors (Lipinski definition) is 3. The number of alkyl halides is 3. The number of carbonyl (C=O) groups excluding carboxylic acids is 1. The van der Waals surface area contributed by atoms with Crippen LogP contribution in [0.3, 0.4) is 0 Å². The fourth-order valence-electron chi connectivity index (χ4n) is 1.33. The monoisotopic (exact) mass is 366 g/mol. The zero-order chi connectivity index (χ0) is 17.2. The number of aromatic nitrogens is 4. The highest BCUT2D eigenvalue weighted by molar-refractivity contribution is 8.00. The SMILES string of the molecule is CC(Sc1nc(N)cc(=O)[nH]1)C(=O)Nc1nnc(C(F)(F)F)s1. The van der Waals surface area contributed by atoms with E-state index in [-0.39, 0.29) is 27.4 Å². The van der Waals surface area contributed by atoms with Gasteiger partial charge in [-0.05, 0) is 6.92 Å². The lowest BCUT2D eigenvalue weighted by molar-refractivity contribution is -0.138. The van der Waals surface area contributed by atoms with E-state index < -0.39 is 27.9 Å². The van der Waals surface area contributed by atoms with E-state index in [1.54, 1.807) is 0 Å². The fourth-order valence-corrected chi connectivity index (χ4v) is 2.76. The molecule has 0 aliphatic heterocycles. The van der Waals surface area contributed by atoms with Crippen LogP contribution in [0, 0.1) is 0 Å². The number of aromatic amines is 1. The Labute approximate surface area is 134 Å². The van der Waals surface area contributed by atoms with Crippen LogP contribution in [0.4, 0.5) is 24.1 Å². The minimum absolute atomic E-state index is 0.0113. The van der Waals surface area contributed by atoms with Crippen molar-refractivity contribution in [3.8, 4) is 0 Å². The summed E-state index contributed by atoms with van der Waals surface area (Å²) in [7, 11) is 0. The van der Waals surface area contributed by atoms with E-state index in [1.165, 1.54) is 6.92 Å². The molecule has 0 spiro atoms. The summed E-state index contributed by atoms with van der Waals surface area (Å²) in [5, 5.41) is 6.34. The van der Waals surface area contributed by atoms with Gasteiger partial charge in [-0.1, -0.05) is 23.1 Å². The first-order chi connectivity index (χ1) is 10.6. The highest BCUT2D eigenvalue weighted by atomic mass is 32.2. The van der Waals surface area contributed by atoms with Crippen molar-refractivity contribution in [1.82, 2.24) is 20.2 Å². The zero-order valence-corrected chi connectivity index (χ0v) is 13.0. The maximum Gasteiger partial charge on any atom is 0.445 e. The molecule has 4 N–H and O–H groups in total. The second-order valence-corrected chi connectivity index (χ2v) is 6.44. The molecule has 0 saturated heterocycles. The van der Waals surface area contributed by atoms with Crippen LogP contribution in [-0.4, -0.2) is 31.3 Å². The number of amides is 1. The first kappa shape index (κ1) is 17.2. The average molecular weight is 366 g/mol. The Morgan fingerprint density at radius 2 is 2.17 bits per heavy atom. The number of nitrogens with zero attached hydrogens (tertiary/aromatic N) is 3. The first-order valence-corrected chi connectivity index (χ1v) is 7.60. The zero-order valence-electron chi connectivity index (χ0n) is 11.3. The highest BCUT2D eigenvalue weighted by Crippen LogP contribution is 2.33. The number of nitrogen functional groups attached to an aromatic ring is 1.